The average molecular weight is 460 g/mol. The van der Waals surface area contributed by atoms with Gasteiger partial charge in [0.2, 0.25) is 5.91 Å². The van der Waals surface area contributed by atoms with Gasteiger partial charge in [-0.05, 0) is 48.2 Å². The fourth-order valence-corrected chi connectivity index (χ4v) is 3.89. The fourth-order valence-electron chi connectivity index (χ4n) is 3.89. The zero-order valence-corrected chi connectivity index (χ0v) is 19.7. The first-order valence-corrected chi connectivity index (χ1v) is 11.6. The number of imidazole rings is 1. The number of halogens is 1. The first-order chi connectivity index (χ1) is 16.4. The summed E-state index contributed by atoms with van der Waals surface area (Å²) in [5.41, 5.74) is 3.25. The number of carbonyl (C=O) groups is 1. The van der Waals surface area contributed by atoms with Crippen LogP contribution in [0.1, 0.15) is 49.9 Å². The van der Waals surface area contributed by atoms with E-state index < -0.39 is 0 Å². The van der Waals surface area contributed by atoms with Crippen LogP contribution in [0.15, 0.2) is 79.1 Å². The quantitative estimate of drug-likeness (QED) is 0.348. The maximum absolute atomic E-state index is 14.1. The molecule has 2 unspecified atom stereocenters. The van der Waals surface area contributed by atoms with E-state index in [2.05, 4.69) is 24.1 Å². The smallest absolute Gasteiger partial charge is 0.221 e. The highest BCUT2D eigenvalue weighted by atomic mass is 19.1. The summed E-state index contributed by atoms with van der Waals surface area (Å²) in [5, 5.41) is 3.07. The van der Waals surface area contributed by atoms with Crippen LogP contribution in [0, 0.1) is 11.7 Å². The molecular formula is C28H30FN3O2. The Morgan fingerprint density at radius 1 is 1.06 bits per heavy atom. The van der Waals surface area contributed by atoms with Crippen LogP contribution in [0.4, 0.5) is 4.39 Å². The third kappa shape index (κ3) is 5.45. The number of hydrogen-bond donors (Lipinski definition) is 1. The second kappa shape index (κ2) is 10.5. The van der Waals surface area contributed by atoms with Gasteiger partial charge in [0, 0.05) is 30.8 Å². The molecule has 4 aromatic rings. The topological polar surface area (TPSA) is 55.6 Å². The number of hydrogen-bond acceptors (Lipinski definition) is 3. The Labute approximate surface area is 199 Å². The van der Waals surface area contributed by atoms with Gasteiger partial charge in [0.15, 0.2) is 11.4 Å². The summed E-state index contributed by atoms with van der Waals surface area (Å²) < 4.78 is 22.1. The molecular weight excluding hydrogens is 429 g/mol. The van der Waals surface area contributed by atoms with Crippen LogP contribution >= 0.6 is 0 Å². The SMILES string of the molecule is CC(C)C(C)NC(=O)CC(c1cccc(F)c1)c1cnc2c(OCc3ccccc3)cccn12. The molecule has 5 nitrogen and oxygen atoms in total. The van der Waals surface area contributed by atoms with Crippen LogP contribution in [0.25, 0.3) is 5.65 Å². The van der Waals surface area contributed by atoms with Gasteiger partial charge in [-0.2, -0.15) is 0 Å². The Morgan fingerprint density at radius 2 is 1.85 bits per heavy atom. The molecule has 0 aliphatic heterocycles. The van der Waals surface area contributed by atoms with Crippen molar-refractivity contribution >= 4 is 11.6 Å². The van der Waals surface area contributed by atoms with Crippen molar-refractivity contribution in [2.45, 2.75) is 45.8 Å². The van der Waals surface area contributed by atoms with E-state index in [0.717, 1.165) is 16.8 Å². The highest BCUT2D eigenvalue weighted by molar-refractivity contribution is 5.78. The largest absolute Gasteiger partial charge is 0.485 e. The normalized spacial score (nSPS) is 13.1. The van der Waals surface area contributed by atoms with Gasteiger partial charge >= 0.3 is 0 Å². The average Bonchev–Trinajstić information content (AvgIpc) is 3.26. The molecule has 1 N–H and O–H groups in total. The van der Waals surface area contributed by atoms with Gasteiger partial charge in [-0.25, -0.2) is 9.37 Å². The molecule has 2 heterocycles. The number of amides is 1. The van der Waals surface area contributed by atoms with Crippen LogP contribution in [-0.4, -0.2) is 21.3 Å². The molecule has 4 rings (SSSR count). The number of fused-ring (bicyclic) bond motifs is 1. The Morgan fingerprint density at radius 3 is 2.59 bits per heavy atom. The van der Waals surface area contributed by atoms with Crippen molar-refractivity contribution in [3.05, 3.63) is 102 Å². The molecule has 176 valence electrons. The summed E-state index contributed by atoms with van der Waals surface area (Å²) in [5.74, 6) is 0.181. The van der Waals surface area contributed by atoms with E-state index >= 15 is 0 Å². The predicted molar refractivity (Wildman–Crippen MR) is 131 cm³/mol. The molecule has 0 fully saturated rings. The zero-order chi connectivity index (χ0) is 24.1. The van der Waals surface area contributed by atoms with Gasteiger partial charge in [0.05, 0.1) is 5.69 Å². The van der Waals surface area contributed by atoms with Crippen molar-refractivity contribution in [3.8, 4) is 5.75 Å². The molecule has 0 radical (unpaired) electrons. The highest BCUT2D eigenvalue weighted by Crippen LogP contribution is 2.31. The monoisotopic (exact) mass is 459 g/mol. The van der Waals surface area contributed by atoms with E-state index in [1.165, 1.54) is 12.1 Å². The van der Waals surface area contributed by atoms with Crippen molar-refractivity contribution in [2.24, 2.45) is 5.92 Å². The van der Waals surface area contributed by atoms with Crippen molar-refractivity contribution < 1.29 is 13.9 Å². The second-order valence-corrected chi connectivity index (χ2v) is 8.94. The Hall–Kier alpha value is -3.67. The maximum Gasteiger partial charge on any atom is 0.221 e. The molecule has 1 amide bonds. The molecule has 0 spiro atoms. The van der Waals surface area contributed by atoms with Gasteiger partial charge in [-0.1, -0.05) is 56.3 Å². The molecule has 6 heteroatoms. The summed E-state index contributed by atoms with van der Waals surface area (Å²) >= 11 is 0. The van der Waals surface area contributed by atoms with Gasteiger partial charge in [-0.3, -0.25) is 4.79 Å². The van der Waals surface area contributed by atoms with Gasteiger partial charge in [0.25, 0.3) is 0 Å². The number of carbonyl (C=O) groups excluding carboxylic acids is 1. The van der Waals surface area contributed by atoms with Crippen LogP contribution in [-0.2, 0) is 11.4 Å². The maximum atomic E-state index is 14.1. The van der Waals surface area contributed by atoms with Crippen LogP contribution in [0.3, 0.4) is 0 Å². The molecule has 0 saturated carbocycles. The summed E-state index contributed by atoms with van der Waals surface area (Å²) in [6.45, 7) is 6.54. The fraction of sp³-hybridized carbons (Fsp3) is 0.286. The van der Waals surface area contributed by atoms with Crippen molar-refractivity contribution in [1.82, 2.24) is 14.7 Å². The Balaban J connectivity index is 1.66. The predicted octanol–water partition coefficient (Wildman–Crippen LogP) is 5.74. The number of rotatable bonds is 9. The molecule has 0 aliphatic carbocycles. The molecule has 0 bridgehead atoms. The molecule has 34 heavy (non-hydrogen) atoms. The number of aromatic nitrogens is 2. The molecule has 0 saturated heterocycles. The van der Waals surface area contributed by atoms with Gasteiger partial charge in [0.1, 0.15) is 12.4 Å². The lowest BCUT2D eigenvalue weighted by Crippen LogP contribution is -2.36. The van der Waals surface area contributed by atoms with E-state index in [9.17, 15) is 9.18 Å². The lowest BCUT2D eigenvalue weighted by Gasteiger charge is -2.21. The second-order valence-electron chi connectivity index (χ2n) is 8.94. The Kier molecular flexibility index (Phi) is 7.26. The van der Waals surface area contributed by atoms with Crippen molar-refractivity contribution in [1.29, 1.82) is 0 Å². The standard InChI is InChI=1S/C28H30FN3O2/c1-19(2)20(3)31-27(33)16-24(22-11-7-12-23(29)15-22)25-17-30-28-26(13-8-14-32(25)28)34-18-21-9-5-4-6-10-21/h4-15,17,19-20,24H,16,18H2,1-3H3,(H,31,33). The number of nitrogens with one attached hydrogen (secondary N) is 1. The summed E-state index contributed by atoms with van der Waals surface area (Å²) in [4.78, 5) is 17.5. The summed E-state index contributed by atoms with van der Waals surface area (Å²) in [7, 11) is 0. The molecule has 0 aliphatic rings. The van der Waals surface area contributed by atoms with E-state index in [1.807, 2.05) is 66.1 Å². The van der Waals surface area contributed by atoms with Crippen LogP contribution in [0.5, 0.6) is 5.75 Å². The first-order valence-electron chi connectivity index (χ1n) is 11.6. The third-order valence-corrected chi connectivity index (χ3v) is 6.15. The summed E-state index contributed by atoms with van der Waals surface area (Å²) in [6.07, 6.45) is 3.83. The minimum absolute atomic E-state index is 0.0424. The lowest BCUT2D eigenvalue weighted by molar-refractivity contribution is -0.122. The lowest BCUT2D eigenvalue weighted by atomic mass is 9.92. The van der Waals surface area contributed by atoms with Crippen LogP contribution in [0.2, 0.25) is 0 Å². The van der Waals surface area contributed by atoms with Gasteiger partial charge in [-0.15, -0.1) is 0 Å². The minimum Gasteiger partial charge on any atom is -0.485 e. The third-order valence-electron chi connectivity index (χ3n) is 6.15. The van der Waals surface area contributed by atoms with Gasteiger partial charge < -0.3 is 14.5 Å². The molecule has 2 aromatic carbocycles. The van der Waals surface area contributed by atoms with E-state index in [-0.39, 0.29) is 30.1 Å². The summed E-state index contributed by atoms with van der Waals surface area (Å²) in [6, 6.07) is 20.2. The molecule has 2 aromatic heterocycles. The van der Waals surface area contributed by atoms with Crippen molar-refractivity contribution in [2.75, 3.05) is 0 Å². The molecule has 2 atom stereocenters. The van der Waals surface area contributed by atoms with E-state index in [1.54, 1.807) is 12.3 Å². The van der Waals surface area contributed by atoms with E-state index in [0.29, 0.717) is 23.9 Å². The van der Waals surface area contributed by atoms with E-state index in [4.69, 9.17) is 4.74 Å². The van der Waals surface area contributed by atoms with Crippen molar-refractivity contribution in [3.63, 3.8) is 0 Å². The highest BCUT2D eigenvalue weighted by Gasteiger charge is 2.24. The number of benzene rings is 2. The number of pyridine rings is 1. The zero-order valence-electron chi connectivity index (χ0n) is 19.7. The first kappa shape index (κ1) is 23.5. The van der Waals surface area contributed by atoms with Crippen LogP contribution < -0.4 is 10.1 Å². The minimum atomic E-state index is -0.366. The number of nitrogens with zero attached hydrogens (tertiary/aromatic N) is 2. The number of ether oxygens (including phenoxy) is 1. The Bertz CT molecular complexity index is 1250.